The zero-order chi connectivity index (χ0) is 22.1. The summed E-state index contributed by atoms with van der Waals surface area (Å²) in [7, 11) is 0. The molecule has 0 spiro atoms. The maximum atomic E-state index is 14.0. The number of carboxylic acids is 1. The topological polar surface area (TPSA) is 118 Å². The van der Waals surface area contributed by atoms with Crippen LogP contribution in [0, 0.1) is 5.82 Å². The van der Waals surface area contributed by atoms with Crippen molar-refractivity contribution in [2.45, 2.75) is 19.1 Å². The number of amides is 1. The molecule has 1 fully saturated rings. The Morgan fingerprint density at radius 2 is 2.06 bits per heavy atom. The van der Waals surface area contributed by atoms with Gasteiger partial charge in [0.05, 0.1) is 17.3 Å². The van der Waals surface area contributed by atoms with E-state index < -0.39 is 30.1 Å². The molecule has 3 heterocycles. The molecule has 9 nitrogen and oxygen atoms in total. The number of benzene rings is 1. The highest BCUT2D eigenvalue weighted by Crippen LogP contribution is 2.26. The smallest absolute Gasteiger partial charge is 0.387 e. The molecule has 2 aromatic heterocycles. The SMILES string of the molecule is O=C(NC1CCN(c2ncc(C(=O)O)o2)C1)c1cnc2cc(OC(F)F)c(F)cc2c1. The Balaban J connectivity index is 1.44. The van der Waals surface area contributed by atoms with E-state index in [1.54, 1.807) is 4.90 Å². The number of ether oxygens (including phenoxy) is 1. The van der Waals surface area contributed by atoms with Crippen LogP contribution in [0.15, 0.2) is 35.0 Å². The molecule has 1 aliphatic rings. The molecule has 1 aromatic carbocycles. The van der Waals surface area contributed by atoms with Crippen LogP contribution in [0.4, 0.5) is 19.2 Å². The van der Waals surface area contributed by atoms with Gasteiger partial charge in [0, 0.05) is 36.8 Å². The number of anilines is 1. The van der Waals surface area contributed by atoms with Crippen LogP contribution < -0.4 is 15.0 Å². The highest BCUT2D eigenvalue weighted by molar-refractivity contribution is 5.97. The van der Waals surface area contributed by atoms with Crippen LogP contribution in [0.5, 0.6) is 5.75 Å². The number of carbonyl (C=O) groups is 2. The van der Waals surface area contributed by atoms with Gasteiger partial charge in [-0.25, -0.2) is 14.2 Å². The number of nitrogens with zero attached hydrogens (tertiary/aromatic N) is 3. The third-order valence-electron chi connectivity index (χ3n) is 4.71. The third kappa shape index (κ3) is 4.37. The molecule has 12 heteroatoms. The van der Waals surface area contributed by atoms with Crippen molar-refractivity contribution in [3.05, 3.63) is 47.7 Å². The van der Waals surface area contributed by atoms with Crippen molar-refractivity contribution in [2.24, 2.45) is 0 Å². The molecule has 3 aromatic rings. The van der Waals surface area contributed by atoms with Crippen LogP contribution in [-0.4, -0.2) is 52.7 Å². The largest absolute Gasteiger partial charge is 0.475 e. The fraction of sp³-hybridized carbons (Fsp3) is 0.263. The van der Waals surface area contributed by atoms with Gasteiger partial charge in [-0.15, -0.1) is 0 Å². The zero-order valence-electron chi connectivity index (χ0n) is 15.7. The van der Waals surface area contributed by atoms with Gasteiger partial charge in [-0.1, -0.05) is 0 Å². The van der Waals surface area contributed by atoms with Crippen LogP contribution in [0.3, 0.4) is 0 Å². The molecule has 0 bridgehead atoms. The van der Waals surface area contributed by atoms with Crippen LogP contribution in [0.25, 0.3) is 10.9 Å². The van der Waals surface area contributed by atoms with E-state index in [4.69, 9.17) is 9.52 Å². The van der Waals surface area contributed by atoms with Gasteiger partial charge in [0.2, 0.25) is 5.76 Å². The number of hydrogen-bond donors (Lipinski definition) is 2. The Morgan fingerprint density at radius 1 is 1.26 bits per heavy atom. The number of fused-ring (bicyclic) bond motifs is 1. The number of pyridine rings is 1. The quantitative estimate of drug-likeness (QED) is 0.606. The number of carbonyl (C=O) groups excluding carboxylic acids is 1. The lowest BCUT2D eigenvalue weighted by Crippen LogP contribution is -2.37. The minimum atomic E-state index is -3.17. The molecule has 1 amide bonds. The summed E-state index contributed by atoms with van der Waals surface area (Å²) in [4.78, 5) is 33.1. The number of aromatic carboxylic acids is 1. The minimum absolute atomic E-state index is 0.152. The van der Waals surface area contributed by atoms with Crippen molar-refractivity contribution < 1.29 is 37.0 Å². The Morgan fingerprint density at radius 3 is 2.77 bits per heavy atom. The van der Waals surface area contributed by atoms with E-state index in [1.165, 1.54) is 12.3 Å². The second kappa shape index (κ2) is 8.13. The lowest BCUT2D eigenvalue weighted by molar-refractivity contribution is -0.0520. The summed E-state index contributed by atoms with van der Waals surface area (Å²) in [5.41, 5.74) is 0.357. The predicted octanol–water partition coefficient (Wildman–Crippen LogP) is 2.67. The van der Waals surface area contributed by atoms with E-state index in [2.05, 4.69) is 20.0 Å². The Labute approximate surface area is 172 Å². The Kier molecular flexibility index (Phi) is 5.36. The van der Waals surface area contributed by atoms with Crippen LogP contribution in [0.1, 0.15) is 27.3 Å². The van der Waals surface area contributed by atoms with Crippen LogP contribution >= 0.6 is 0 Å². The van der Waals surface area contributed by atoms with Gasteiger partial charge >= 0.3 is 12.6 Å². The number of hydrogen-bond acceptors (Lipinski definition) is 7. The van der Waals surface area contributed by atoms with Gasteiger partial charge in [0.25, 0.3) is 11.9 Å². The van der Waals surface area contributed by atoms with Crippen LogP contribution in [-0.2, 0) is 0 Å². The Bertz CT molecular complexity index is 1150. The first-order chi connectivity index (χ1) is 14.8. The van der Waals surface area contributed by atoms with E-state index in [0.717, 1.165) is 18.3 Å². The molecule has 31 heavy (non-hydrogen) atoms. The molecule has 162 valence electrons. The first-order valence-electron chi connectivity index (χ1n) is 9.09. The average molecular weight is 436 g/mol. The van der Waals surface area contributed by atoms with Gasteiger partial charge in [-0.05, 0) is 18.6 Å². The normalized spacial score (nSPS) is 16.1. The highest BCUT2D eigenvalue weighted by Gasteiger charge is 2.28. The monoisotopic (exact) mass is 436 g/mol. The fourth-order valence-electron chi connectivity index (χ4n) is 3.27. The summed E-state index contributed by atoms with van der Waals surface area (Å²) in [5.74, 6) is -3.58. The van der Waals surface area contributed by atoms with Gasteiger partial charge in [0.1, 0.15) is 0 Å². The van der Waals surface area contributed by atoms with E-state index in [-0.39, 0.29) is 34.3 Å². The summed E-state index contributed by atoms with van der Waals surface area (Å²) in [5, 5.41) is 12.0. The molecule has 0 radical (unpaired) electrons. The second-order valence-electron chi connectivity index (χ2n) is 6.80. The minimum Gasteiger partial charge on any atom is -0.475 e. The second-order valence-corrected chi connectivity index (χ2v) is 6.80. The standard InChI is InChI=1S/C19H15F3N4O5/c20-12-4-9-3-10(6-23-13(9)5-14(12)30-18(21)22)16(27)25-11-1-2-26(8-11)19-24-7-15(31-19)17(28)29/h3-7,11,18H,1-2,8H2,(H,25,27)(H,28,29). The summed E-state index contributed by atoms with van der Waals surface area (Å²) < 4.78 is 47.9. The van der Waals surface area contributed by atoms with Gasteiger partial charge < -0.3 is 24.5 Å². The maximum Gasteiger partial charge on any atom is 0.387 e. The number of nitrogens with one attached hydrogen (secondary N) is 1. The fourth-order valence-corrected chi connectivity index (χ4v) is 3.27. The molecule has 1 aliphatic heterocycles. The third-order valence-corrected chi connectivity index (χ3v) is 4.71. The maximum absolute atomic E-state index is 14.0. The number of halogens is 3. The van der Waals surface area contributed by atoms with Gasteiger partial charge in [-0.3, -0.25) is 9.78 Å². The number of rotatable bonds is 6. The van der Waals surface area contributed by atoms with Crippen molar-refractivity contribution in [1.82, 2.24) is 15.3 Å². The predicted molar refractivity (Wildman–Crippen MR) is 99.9 cm³/mol. The van der Waals surface area contributed by atoms with E-state index >= 15 is 0 Å². The van der Waals surface area contributed by atoms with Crippen LogP contribution in [0.2, 0.25) is 0 Å². The molecule has 1 atom stereocenters. The Hall–Kier alpha value is -3.83. The summed E-state index contributed by atoms with van der Waals surface area (Å²) in [6.45, 7) is -2.32. The lowest BCUT2D eigenvalue weighted by atomic mass is 10.1. The lowest BCUT2D eigenvalue weighted by Gasteiger charge is -2.15. The first kappa shape index (κ1) is 20.4. The van der Waals surface area contributed by atoms with Crippen molar-refractivity contribution >= 4 is 28.8 Å². The molecule has 0 saturated carbocycles. The summed E-state index contributed by atoms with van der Waals surface area (Å²) >= 11 is 0. The first-order valence-corrected chi connectivity index (χ1v) is 9.09. The van der Waals surface area contributed by atoms with Crippen molar-refractivity contribution in [3.8, 4) is 5.75 Å². The number of aromatic nitrogens is 2. The molecule has 1 saturated heterocycles. The van der Waals surface area contributed by atoms with Gasteiger partial charge in [-0.2, -0.15) is 8.78 Å². The zero-order valence-corrected chi connectivity index (χ0v) is 15.7. The van der Waals surface area contributed by atoms with E-state index in [1.807, 2.05) is 0 Å². The summed E-state index contributed by atoms with van der Waals surface area (Å²) in [6.07, 6.45) is 2.93. The molecule has 0 aliphatic carbocycles. The van der Waals surface area contributed by atoms with E-state index in [9.17, 15) is 22.8 Å². The van der Waals surface area contributed by atoms with Crippen molar-refractivity contribution in [1.29, 1.82) is 0 Å². The van der Waals surface area contributed by atoms with Gasteiger partial charge in [0.15, 0.2) is 11.6 Å². The number of carboxylic acid groups (broad SMARTS) is 1. The summed E-state index contributed by atoms with van der Waals surface area (Å²) in [6, 6.07) is 3.29. The molecule has 4 rings (SSSR count). The van der Waals surface area contributed by atoms with E-state index in [0.29, 0.717) is 19.5 Å². The molecular weight excluding hydrogens is 421 g/mol. The molecular formula is C19H15F3N4O5. The molecule has 1 unspecified atom stereocenters. The number of oxazole rings is 1. The van der Waals surface area contributed by atoms with Crippen molar-refractivity contribution in [3.63, 3.8) is 0 Å². The number of alkyl halides is 2. The highest BCUT2D eigenvalue weighted by atomic mass is 19.3. The average Bonchev–Trinajstić information content (AvgIpc) is 3.37. The molecule has 2 N–H and O–H groups in total. The van der Waals surface area contributed by atoms with Crippen molar-refractivity contribution in [2.75, 3.05) is 18.0 Å².